The lowest BCUT2D eigenvalue weighted by Gasteiger charge is -2.58. The first kappa shape index (κ1) is 7.95. The first-order valence-electron chi connectivity index (χ1n) is 5.48. The number of rotatable bonds is 1. The van der Waals surface area contributed by atoms with Crippen LogP contribution in [0.15, 0.2) is 5.18 Å². The van der Waals surface area contributed by atoms with Crippen LogP contribution in [0.4, 0.5) is 0 Å². The molecule has 4 aliphatic carbocycles. The van der Waals surface area contributed by atoms with Gasteiger partial charge in [-0.3, -0.25) is 0 Å². The van der Waals surface area contributed by atoms with E-state index in [4.69, 9.17) is 0 Å². The average Bonchev–Trinajstić information content (AvgIpc) is 1.99. The molecule has 4 fully saturated rings. The molecule has 4 bridgehead atoms. The molecule has 0 aliphatic heterocycles. The van der Waals surface area contributed by atoms with E-state index in [2.05, 4.69) is 12.1 Å². The van der Waals surface area contributed by atoms with Crippen molar-refractivity contribution < 1.29 is 0 Å². The predicted molar refractivity (Wildman–Crippen MR) is 51.3 cm³/mol. The Labute approximate surface area is 79.1 Å². The van der Waals surface area contributed by atoms with Crippen molar-refractivity contribution in [2.24, 2.45) is 22.4 Å². The van der Waals surface area contributed by atoms with Gasteiger partial charge >= 0.3 is 0 Å². The van der Waals surface area contributed by atoms with Gasteiger partial charge in [-0.15, -0.1) is 0 Å². The Bertz CT molecular complexity index is 247. The van der Waals surface area contributed by atoms with E-state index >= 15 is 0 Å². The summed E-state index contributed by atoms with van der Waals surface area (Å²) in [5.41, 5.74) is 0.344. The molecule has 4 rings (SSSR count). The molecule has 72 valence electrons. The van der Waals surface area contributed by atoms with Gasteiger partial charge in [0.25, 0.3) is 0 Å². The van der Waals surface area contributed by atoms with Crippen LogP contribution in [0.5, 0.6) is 0 Å². The lowest BCUT2D eigenvalue weighted by Crippen LogP contribution is -2.53. The Hall–Kier alpha value is -0.400. The van der Waals surface area contributed by atoms with Crippen molar-refractivity contribution in [1.29, 1.82) is 0 Å². The highest BCUT2D eigenvalue weighted by Gasteiger charge is 2.56. The number of hydrogen-bond donors (Lipinski definition) is 0. The van der Waals surface area contributed by atoms with Crippen molar-refractivity contribution in [3.63, 3.8) is 0 Å². The van der Waals surface area contributed by atoms with E-state index in [-0.39, 0.29) is 5.54 Å². The van der Waals surface area contributed by atoms with E-state index in [1.807, 2.05) is 0 Å². The van der Waals surface area contributed by atoms with E-state index < -0.39 is 0 Å². The third-order valence-electron chi connectivity index (χ3n) is 4.52. The van der Waals surface area contributed by atoms with Gasteiger partial charge in [-0.1, -0.05) is 12.1 Å². The molecule has 0 N–H and O–H groups in total. The van der Waals surface area contributed by atoms with E-state index in [0.29, 0.717) is 5.41 Å². The largest absolute Gasteiger partial charge is 0.150 e. The highest BCUT2D eigenvalue weighted by molar-refractivity contribution is 5.10. The topological polar surface area (TPSA) is 29.4 Å². The second-order valence-electron chi connectivity index (χ2n) is 6.09. The van der Waals surface area contributed by atoms with Crippen LogP contribution in [0.1, 0.15) is 45.4 Å². The lowest BCUT2D eigenvalue weighted by atomic mass is 9.48. The summed E-state index contributed by atoms with van der Waals surface area (Å²) in [5.74, 6) is 1.65. The Kier molecular flexibility index (Phi) is 1.32. The SMILES string of the molecule is CC12CC3CC(C1)CC(N=O)(C3)C2. The molecular weight excluding hydrogens is 162 g/mol. The molecule has 0 amide bonds. The van der Waals surface area contributed by atoms with Crippen LogP contribution in [0.3, 0.4) is 0 Å². The zero-order valence-electron chi connectivity index (χ0n) is 8.25. The normalized spacial score (nSPS) is 58.2. The molecule has 2 nitrogen and oxygen atoms in total. The zero-order chi connectivity index (χ0) is 9.10. The Morgan fingerprint density at radius 2 is 1.77 bits per heavy atom. The van der Waals surface area contributed by atoms with Crippen LogP contribution in [0.25, 0.3) is 0 Å². The van der Waals surface area contributed by atoms with E-state index in [1.165, 1.54) is 19.3 Å². The number of nitrogens with zero attached hydrogens (tertiary/aromatic N) is 1. The van der Waals surface area contributed by atoms with E-state index in [1.54, 1.807) is 0 Å². The summed E-state index contributed by atoms with van der Waals surface area (Å²) in [4.78, 5) is 11.0. The first-order chi connectivity index (χ1) is 6.13. The smallest absolute Gasteiger partial charge is 0.104 e. The first-order valence-corrected chi connectivity index (χ1v) is 5.48. The summed E-state index contributed by atoms with van der Waals surface area (Å²) in [6.45, 7) is 2.37. The molecule has 13 heavy (non-hydrogen) atoms. The van der Waals surface area contributed by atoms with Crippen molar-refractivity contribution >= 4 is 0 Å². The number of nitroso groups, excluding NO2 is 1. The monoisotopic (exact) mass is 179 g/mol. The van der Waals surface area contributed by atoms with Crippen molar-refractivity contribution in [1.82, 2.24) is 0 Å². The molecule has 0 spiro atoms. The summed E-state index contributed by atoms with van der Waals surface area (Å²) < 4.78 is 0. The summed E-state index contributed by atoms with van der Waals surface area (Å²) in [7, 11) is 0. The second kappa shape index (κ2) is 2.15. The Morgan fingerprint density at radius 3 is 2.23 bits per heavy atom. The van der Waals surface area contributed by atoms with Gasteiger partial charge in [0.15, 0.2) is 0 Å². The van der Waals surface area contributed by atoms with E-state index in [9.17, 15) is 4.91 Å². The molecule has 0 aromatic rings. The van der Waals surface area contributed by atoms with Crippen LogP contribution < -0.4 is 0 Å². The summed E-state index contributed by atoms with van der Waals surface area (Å²) in [6, 6.07) is 0. The third-order valence-corrected chi connectivity index (χ3v) is 4.52. The molecule has 0 saturated heterocycles. The van der Waals surface area contributed by atoms with Gasteiger partial charge in [0.2, 0.25) is 0 Å². The van der Waals surface area contributed by atoms with Crippen molar-refractivity contribution in [2.75, 3.05) is 0 Å². The van der Waals surface area contributed by atoms with Crippen LogP contribution >= 0.6 is 0 Å². The molecule has 2 unspecified atom stereocenters. The molecule has 0 heterocycles. The lowest BCUT2D eigenvalue weighted by molar-refractivity contribution is -0.0559. The van der Waals surface area contributed by atoms with Crippen LogP contribution in [-0.4, -0.2) is 5.54 Å². The minimum absolute atomic E-state index is 0.126. The standard InChI is InChI=1S/C11H17NO/c1-10-3-8-2-9(4-10)6-11(5-8,7-10)12-13/h8-9H,2-7H2,1H3. The van der Waals surface area contributed by atoms with Crippen molar-refractivity contribution in [2.45, 2.75) is 51.0 Å². The summed E-state index contributed by atoms with van der Waals surface area (Å²) in [6.07, 6.45) is 7.38. The van der Waals surface area contributed by atoms with Gasteiger partial charge < -0.3 is 0 Å². The maximum Gasteiger partial charge on any atom is 0.104 e. The molecule has 0 radical (unpaired) electrons. The van der Waals surface area contributed by atoms with Gasteiger partial charge in [-0.25, -0.2) is 0 Å². The molecule has 4 saturated carbocycles. The molecule has 4 aliphatic rings. The Morgan fingerprint density at radius 1 is 1.15 bits per heavy atom. The fourth-order valence-electron chi connectivity index (χ4n) is 4.77. The van der Waals surface area contributed by atoms with Gasteiger partial charge in [-0.2, -0.15) is 4.91 Å². The fraction of sp³-hybridized carbons (Fsp3) is 1.00. The van der Waals surface area contributed by atoms with Crippen LogP contribution in [-0.2, 0) is 0 Å². The quantitative estimate of drug-likeness (QED) is 0.569. The van der Waals surface area contributed by atoms with Crippen LogP contribution in [0.2, 0.25) is 0 Å². The maximum atomic E-state index is 11.0. The minimum atomic E-state index is -0.126. The van der Waals surface area contributed by atoms with Gasteiger partial charge in [0.1, 0.15) is 5.54 Å². The summed E-state index contributed by atoms with van der Waals surface area (Å²) >= 11 is 0. The molecular formula is C11H17NO. The third kappa shape index (κ3) is 1.01. The van der Waals surface area contributed by atoms with Gasteiger partial charge in [-0.05, 0) is 55.8 Å². The average molecular weight is 179 g/mol. The Balaban J connectivity index is 2.00. The fourth-order valence-corrected chi connectivity index (χ4v) is 4.77. The van der Waals surface area contributed by atoms with Gasteiger partial charge in [0, 0.05) is 0 Å². The minimum Gasteiger partial charge on any atom is -0.150 e. The number of hydrogen-bond acceptors (Lipinski definition) is 2. The predicted octanol–water partition coefficient (Wildman–Crippen LogP) is 3.11. The van der Waals surface area contributed by atoms with Gasteiger partial charge in [0.05, 0.1) is 0 Å². The second-order valence-corrected chi connectivity index (χ2v) is 6.09. The van der Waals surface area contributed by atoms with Crippen LogP contribution in [0, 0.1) is 22.2 Å². The molecule has 0 aromatic carbocycles. The van der Waals surface area contributed by atoms with Crippen molar-refractivity contribution in [3.05, 3.63) is 4.91 Å². The highest BCUT2D eigenvalue weighted by Crippen LogP contribution is 2.62. The highest BCUT2D eigenvalue weighted by atomic mass is 16.3. The van der Waals surface area contributed by atoms with E-state index in [0.717, 1.165) is 31.1 Å². The summed E-state index contributed by atoms with van der Waals surface area (Å²) in [5, 5.41) is 3.48. The zero-order valence-corrected chi connectivity index (χ0v) is 8.25. The molecule has 0 aromatic heterocycles. The molecule has 2 atom stereocenters. The molecule has 2 heteroatoms. The van der Waals surface area contributed by atoms with Crippen molar-refractivity contribution in [3.8, 4) is 0 Å². The maximum absolute atomic E-state index is 11.0.